The summed E-state index contributed by atoms with van der Waals surface area (Å²) >= 11 is 0. The Morgan fingerprint density at radius 3 is 2.67 bits per heavy atom. The second-order valence-corrected chi connectivity index (χ2v) is 6.68. The van der Waals surface area contributed by atoms with Gasteiger partial charge in [0, 0.05) is 33.8 Å². The summed E-state index contributed by atoms with van der Waals surface area (Å²) in [7, 11) is 3.77. The van der Waals surface area contributed by atoms with Gasteiger partial charge in [-0.3, -0.25) is 4.99 Å². The van der Waals surface area contributed by atoms with Crippen LogP contribution < -0.4 is 10.6 Å². The molecule has 1 atom stereocenters. The highest BCUT2D eigenvalue weighted by Crippen LogP contribution is 2.32. The first-order valence-corrected chi connectivity index (χ1v) is 9.06. The smallest absolute Gasteiger partial charge is 0.407 e. The molecule has 0 saturated heterocycles. The van der Waals surface area contributed by atoms with Crippen molar-refractivity contribution in [3.63, 3.8) is 0 Å². The normalized spacial score (nSPS) is 18.9. The van der Waals surface area contributed by atoms with Crippen LogP contribution in [0.25, 0.3) is 0 Å². The molecule has 1 amide bonds. The predicted octanol–water partition coefficient (Wildman–Crippen LogP) is 1.44. The minimum atomic E-state index is -0.340. The summed E-state index contributed by atoms with van der Waals surface area (Å²) in [6, 6.07) is 0.0836. The van der Waals surface area contributed by atoms with E-state index in [0.29, 0.717) is 25.7 Å². The van der Waals surface area contributed by atoms with E-state index in [-0.39, 0.29) is 12.1 Å². The highest BCUT2D eigenvalue weighted by molar-refractivity contribution is 5.79. The standard InChI is InChI=1S/C17H32N4O3/c1-4-24-17(22)20-15(14-7-8-14)11-19-16(18-2)21(3)9-10-23-12-13-5-6-13/h13-15H,4-12H2,1-3H3,(H,18,19)(H,20,22). The highest BCUT2D eigenvalue weighted by Gasteiger charge is 2.32. The van der Waals surface area contributed by atoms with E-state index in [1.165, 1.54) is 12.8 Å². The second kappa shape index (κ2) is 9.71. The van der Waals surface area contributed by atoms with Crippen LogP contribution in [0, 0.1) is 11.8 Å². The second-order valence-electron chi connectivity index (χ2n) is 6.68. The summed E-state index contributed by atoms with van der Waals surface area (Å²) in [6.45, 7) is 5.25. The molecular formula is C17H32N4O3. The van der Waals surface area contributed by atoms with Gasteiger partial charge in [-0.05, 0) is 44.4 Å². The fourth-order valence-electron chi connectivity index (χ4n) is 2.59. The van der Waals surface area contributed by atoms with Crippen LogP contribution >= 0.6 is 0 Å². The van der Waals surface area contributed by atoms with Gasteiger partial charge in [0.05, 0.1) is 19.3 Å². The zero-order chi connectivity index (χ0) is 17.4. The van der Waals surface area contributed by atoms with E-state index in [4.69, 9.17) is 9.47 Å². The zero-order valence-corrected chi connectivity index (χ0v) is 15.2. The van der Waals surface area contributed by atoms with Crippen molar-refractivity contribution in [2.24, 2.45) is 16.8 Å². The molecular weight excluding hydrogens is 308 g/mol. The topological polar surface area (TPSA) is 75.2 Å². The van der Waals surface area contributed by atoms with Crippen molar-refractivity contribution in [1.29, 1.82) is 0 Å². The van der Waals surface area contributed by atoms with Crippen molar-refractivity contribution in [3.8, 4) is 0 Å². The summed E-state index contributed by atoms with van der Waals surface area (Å²) in [5, 5.41) is 6.30. The van der Waals surface area contributed by atoms with Crippen LogP contribution in [0.5, 0.6) is 0 Å². The van der Waals surface area contributed by atoms with E-state index in [2.05, 4.69) is 20.5 Å². The molecule has 0 bridgehead atoms. The lowest BCUT2D eigenvalue weighted by Gasteiger charge is -2.25. The predicted molar refractivity (Wildman–Crippen MR) is 94.2 cm³/mol. The Hall–Kier alpha value is -1.50. The maximum Gasteiger partial charge on any atom is 0.407 e. The molecule has 7 heteroatoms. The average molecular weight is 340 g/mol. The molecule has 0 spiro atoms. The summed E-state index contributed by atoms with van der Waals surface area (Å²) < 4.78 is 10.7. The number of rotatable bonds is 10. The first-order valence-electron chi connectivity index (χ1n) is 9.06. The number of hydrogen-bond acceptors (Lipinski definition) is 4. The molecule has 138 valence electrons. The molecule has 2 aliphatic carbocycles. The number of ether oxygens (including phenoxy) is 2. The third-order valence-electron chi connectivity index (χ3n) is 4.44. The van der Waals surface area contributed by atoms with E-state index >= 15 is 0 Å². The lowest BCUT2D eigenvalue weighted by Crippen LogP contribution is -2.49. The van der Waals surface area contributed by atoms with Gasteiger partial charge in [-0.25, -0.2) is 4.79 Å². The molecule has 2 aliphatic rings. The lowest BCUT2D eigenvalue weighted by atomic mass is 10.2. The molecule has 0 aromatic heterocycles. The van der Waals surface area contributed by atoms with Crippen molar-refractivity contribution >= 4 is 12.1 Å². The first kappa shape index (κ1) is 18.8. The molecule has 2 fully saturated rings. The van der Waals surface area contributed by atoms with E-state index in [1.807, 2.05) is 14.0 Å². The molecule has 1 unspecified atom stereocenters. The third-order valence-corrected chi connectivity index (χ3v) is 4.44. The van der Waals surface area contributed by atoms with Crippen LogP contribution in [-0.2, 0) is 9.47 Å². The van der Waals surface area contributed by atoms with Crippen LogP contribution in [-0.4, -0.2) is 70.0 Å². The Morgan fingerprint density at radius 2 is 2.08 bits per heavy atom. The van der Waals surface area contributed by atoms with Crippen LogP contribution in [0.3, 0.4) is 0 Å². The van der Waals surface area contributed by atoms with Crippen LogP contribution in [0.1, 0.15) is 32.6 Å². The molecule has 2 N–H and O–H groups in total. The van der Waals surface area contributed by atoms with Crippen molar-refractivity contribution in [3.05, 3.63) is 0 Å². The van der Waals surface area contributed by atoms with Crippen molar-refractivity contribution in [1.82, 2.24) is 15.5 Å². The Bertz CT molecular complexity index is 422. The van der Waals surface area contributed by atoms with Gasteiger partial charge in [0.25, 0.3) is 0 Å². The number of amides is 1. The quantitative estimate of drug-likeness (QED) is 0.358. The summed E-state index contributed by atoms with van der Waals surface area (Å²) in [4.78, 5) is 18.0. The Kier molecular flexibility index (Phi) is 7.62. The molecule has 0 aromatic carbocycles. The molecule has 0 aliphatic heterocycles. The largest absolute Gasteiger partial charge is 0.450 e. The van der Waals surface area contributed by atoms with Crippen molar-refractivity contribution in [2.75, 3.05) is 47.0 Å². The number of alkyl carbamates (subject to hydrolysis) is 1. The number of carbonyl (C=O) groups is 1. The van der Waals surface area contributed by atoms with Gasteiger partial charge in [-0.15, -0.1) is 0 Å². The van der Waals surface area contributed by atoms with Crippen LogP contribution in [0.2, 0.25) is 0 Å². The monoisotopic (exact) mass is 340 g/mol. The Labute approximate surface area is 145 Å². The molecule has 2 rings (SSSR count). The number of guanidine groups is 1. The van der Waals surface area contributed by atoms with Gasteiger partial charge in [0.1, 0.15) is 0 Å². The van der Waals surface area contributed by atoms with Gasteiger partial charge in [0.15, 0.2) is 5.96 Å². The SMILES string of the molecule is CCOC(=O)NC(CNC(=NC)N(C)CCOCC1CC1)C1CC1. The molecule has 0 aromatic rings. The molecule has 0 radical (unpaired) electrons. The molecule has 24 heavy (non-hydrogen) atoms. The van der Waals surface area contributed by atoms with E-state index < -0.39 is 0 Å². The molecule has 7 nitrogen and oxygen atoms in total. The molecule has 0 heterocycles. The lowest BCUT2D eigenvalue weighted by molar-refractivity contribution is 0.115. The Morgan fingerprint density at radius 1 is 1.33 bits per heavy atom. The molecule has 2 saturated carbocycles. The summed E-state index contributed by atoms with van der Waals surface area (Å²) in [6.07, 6.45) is 4.60. The van der Waals surface area contributed by atoms with Gasteiger partial charge < -0.3 is 25.0 Å². The number of nitrogens with one attached hydrogen (secondary N) is 2. The number of likely N-dealkylation sites (N-methyl/N-ethyl adjacent to an activating group) is 1. The summed E-state index contributed by atoms with van der Waals surface area (Å²) in [5.74, 6) is 2.15. The number of carbonyl (C=O) groups excluding carboxylic acids is 1. The van der Waals surface area contributed by atoms with Gasteiger partial charge in [-0.2, -0.15) is 0 Å². The number of hydrogen-bond donors (Lipinski definition) is 2. The van der Waals surface area contributed by atoms with E-state index in [1.54, 1.807) is 7.05 Å². The highest BCUT2D eigenvalue weighted by atomic mass is 16.5. The fourth-order valence-corrected chi connectivity index (χ4v) is 2.59. The first-order chi connectivity index (χ1) is 11.6. The van der Waals surface area contributed by atoms with Crippen LogP contribution in [0.15, 0.2) is 4.99 Å². The van der Waals surface area contributed by atoms with E-state index in [0.717, 1.165) is 37.9 Å². The summed E-state index contributed by atoms with van der Waals surface area (Å²) in [5.41, 5.74) is 0. The maximum atomic E-state index is 11.6. The minimum absolute atomic E-state index is 0.0836. The number of aliphatic imine (C=N–C) groups is 1. The third kappa shape index (κ3) is 6.95. The van der Waals surface area contributed by atoms with Crippen molar-refractivity contribution in [2.45, 2.75) is 38.6 Å². The average Bonchev–Trinajstić information content (AvgIpc) is 3.45. The fraction of sp³-hybridized carbons (Fsp3) is 0.882. The van der Waals surface area contributed by atoms with E-state index in [9.17, 15) is 4.79 Å². The van der Waals surface area contributed by atoms with Gasteiger partial charge >= 0.3 is 6.09 Å². The van der Waals surface area contributed by atoms with Crippen molar-refractivity contribution < 1.29 is 14.3 Å². The zero-order valence-electron chi connectivity index (χ0n) is 15.2. The Balaban J connectivity index is 1.68. The van der Waals surface area contributed by atoms with Gasteiger partial charge in [0.2, 0.25) is 0 Å². The number of nitrogens with zero attached hydrogens (tertiary/aromatic N) is 2. The minimum Gasteiger partial charge on any atom is -0.450 e. The maximum absolute atomic E-state index is 11.6. The van der Waals surface area contributed by atoms with Gasteiger partial charge in [-0.1, -0.05) is 0 Å². The van der Waals surface area contributed by atoms with Crippen LogP contribution in [0.4, 0.5) is 4.79 Å².